The van der Waals surface area contributed by atoms with Crippen molar-refractivity contribution in [1.82, 2.24) is 14.8 Å². The van der Waals surface area contributed by atoms with Crippen LogP contribution >= 0.6 is 0 Å². The third kappa shape index (κ3) is 2.16. The van der Waals surface area contributed by atoms with Crippen LogP contribution in [0.5, 0.6) is 5.75 Å². The summed E-state index contributed by atoms with van der Waals surface area (Å²) in [6, 6.07) is 21.5. The molecule has 4 nitrogen and oxygen atoms in total. The molecule has 0 unspecified atom stereocenters. The first kappa shape index (κ1) is 13.5. The van der Waals surface area contributed by atoms with Gasteiger partial charge in [0.15, 0.2) is 5.82 Å². The van der Waals surface area contributed by atoms with E-state index in [2.05, 4.69) is 28.4 Å². The summed E-state index contributed by atoms with van der Waals surface area (Å²) < 4.78 is 1.98. The molecule has 4 rings (SSSR count). The van der Waals surface area contributed by atoms with Gasteiger partial charge in [0.25, 0.3) is 0 Å². The monoisotopic (exact) mass is 301 g/mol. The zero-order chi connectivity index (χ0) is 15.8. The molecule has 0 saturated carbocycles. The van der Waals surface area contributed by atoms with Crippen LogP contribution in [0.1, 0.15) is 5.82 Å². The number of rotatable bonds is 2. The number of aryl methyl sites for hydroxylation is 1. The van der Waals surface area contributed by atoms with Gasteiger partial charge in [0.2, 0.25) is 0 Å². The Kier molecular flexibility index (Phi) is 3.08. The molecule has 0 aliphatic carbocycles. The quantitative estimate of drug-likeness (QED) is 0.606. The number of benzene rings is 3. The molecule has 0 aliphatic heterocycles. The molecule has 0 aliphatic rings. The summed E-state index contributed by atoms with van der Waals surface area (Å²) in [7, 11) is 0. The van der Waals surface area contributed by atoms with E-state index in [4.69, 9.17) is 0 Å². The van der Waals surface area contributed by atoms with E-state index in [1.165, 1.54) is 0 Å². The topological polar surface area (TPSA) is 50.9 Å². The van der Waals surface area contributed by atoms with Crippen molar-refractivity contribution in [3.63, 3.8) is 0 Å². The summed E-state index contributed by atoms with van der Waals surface area (Å²) in [5.41, 5.74) is 1.67. The van der Waals surface area contributed by atoms with Gasteiger partial charge in [0.05, 0.1) is 11.3 Å². The molecule has 1 aromatic heterocycles. The normalized spacial score (nSPS) is 11.0. The Balaban J connectivity index is 2.03. The molecule has 4 heteroatoms. The SMILES string of the molecule is Cc1nnc(-c2ccccc2O)n1-c1cccc2ccccc12. The molecule has 0 radical (unpaired) electrons. The highest BCUT2D eigenvalue weighted by Gasteiger charge is 2.16. The second-order valence-electron chi connectivity index (χ2n) is 5.42. The van der Waals surface area contributed by atoms with Gasteiger partial charge in [-0.15, -0.1) is 10.2 Å². The number of phenols is 1. The van der Waals surface area contributed by atoms with E-state index in [9.17, 15) is 5.11 Å². The van der Waals surface area contributed by atoms with Gasteiger partial charge in [-0.1, -0.05) is 48.5 Å². The lowest BCUT2D eigenvalue weighted by Gasteiger charge is -2.12. The maximum Gasteiger partial charge on any atom is 0.172 e. The molecular formula is C19H15N3O. The molecule has 0 atom stereocenters. The van der Waals surface area contributed by atoms with Crippen LogP contribution in [0, 0.1) is 6.92 Å². The van der Waals surface area contributed by atoms with Crippen LogP contribution in [0.25, 0.3) is 27.8 Å². The smallest absolute Gasteiger partial charge is 0.172 e. The second kappa shape index (κ2) is 5.25. The summed E-state index contributed by atoms with van der Waals surface area (Å²) in [4.78, 5) is 0. The van der Waals surface area contributed by atoms with Crippen molar-refractivity contribution in [2.24, 2.45) is 0 Å². The first-order valence-corrected chi connectivity index (χ1v) is 7.44. The van der Waals surface area contributed by atoms with Crippen LogP contribution in [0.2, 0.25) is 0 Å². The predicted molar refractivity (Wildman–Crippen MR) is 90.7 cm³/mol. The lowest BCUT2D eigenvalue weighted by atomic mass is 10.1. The summed E-state index contributed by atoms with van der Waals surface area (Å²) in [5.74, 6) is 1.61. The van der Waals surface area contributed by atoms with Crippen molar-refractivity contribution in [3.8, 4) is 22.8 Å². The van der Waals surface area contributed by atoms with Gasteiger partial charge in [0, 0.05) is 5.39 Å². The van der Waals surface area contributed by atoms with Gasteiger partial charge in [-0.3, -0.25) is 4.57 Å². The molecule has 3 aromatic carbocycles. The lowest BCUT2D eigenvalue weighted by Crippen LogP contribution is -2.01. The lowest BCUT2D eigenvalue weighted by molar-refractivity contribution is 0.476. The largest absolute Gasteiger partial charge is 0.507 e. The Morgan fingerprint density at radius 2 is 1.57 bits per heavy atom. The Morgan fingerprint density at radius 1 is 0.826 bits per heavy atom. The minimum Gasteiger partial charge on any atom is -0.507 e. The molecule has 0 fully saturated rings. The maximum atomic E-state index is 10.2. The molecule has 0 spiro atoms. The van der Waals surface area contributed by atoms with E-state index in [-0.39, 0.29) is 5.75 Å². The summed E-state index contributed by atoms with van der Waals surface area (Å²) in [6.45, 7) is 1.91. The third-order valence-electron chi connectivity index (χ3n) is 3.98. The van der Waals surface area contributed by atoms with Crippen molar-refractivity contribution >= 4 is 10.8 Å². The van der Waals surface area contributed by atoms with Gasteiger partial charge in [-0.05, 0) is 30.5 Å². The average Bonchev–Trinajstić information content (AvgIpc) is 2.96. The fraction of sp³-hybridized carbons (Fsp3) is 0.0526. The highest BCUT2D eigenvalue weighted by molar-refractivity contribution is 5.91. The van der Waals surface area contributed by atoms with E-state index < -0.39 is 0 Å². The number of hydrogen-bond acceptors (Lipinski definition) is 3. The number of aromatic hydroxyl groups is 1. The fourth-order valence-electron chi connectivity index (χ4n) is 2.89. The number of aromatic nitrogens is 3. The highest BCUT2D eigenvalue weighted by Crippen LogP contribution is 2.32. The first-order chi connectivity index (χ1) is 11.3. The van der Waals surface area contributed by atoms with Crippen LogP contribution in [-0.2, 0) is 0 Å². The van der Waals surface area contributed by atoms with Crippen LogP contribution < -0.4 is 0 Å². The number of phenolic OH excluding ortho intramolecular Hbond substituents is 1. The van der Waals surface area contributed by atoms with Gasteiger partial charge in [-0.2, -0.15) is 0 Å². The van der Waals surface area contributed by atoms with Gasteiger partial charge in [-0.25, -0.2) is 0 Å². The van der Waals surface area contributed by atoms with Crippen molar-refractivity contribution < 1.29 is 5.11 Å². The summed E-state index contributed by atoms with van der Waals surface area (Å²) in [5, 5.41) is 21.0. The number of hydrogen-bond donors (Lipinski definition) is 1. The van der Waals surface area contributed by atoms with Crippen LogP contribution in [-0.4, -0.2) is 19.9 Å². The van der Waals surface area contributed by atoms with Gasteiger partial charge >= 0.3 is 0 Å². The summed E-state index contributed by atoms with van der Waals surface area (Å²) >= 11 is 0. The first-order valence-electron chi connectivity index (χ1n) is 7.44. The standard InChI is InChI=1S/C19H15N3O/c1-13-20-21-19(16-10-4-5-12-18(16)23)22(13)17-11-6-8-14-7-2-3-9-15(14)17/h2-12,23H,1H3. The van der Waals surface area contributed by atoms with Crippen molar-refractivity contribution in [2.75, 3.05) is 0 Å². The van der Waals surface area contributed by atoms with Crippen molar-refractivity contribution in [1.29, 1.82) is 0 Å². The van der Waals surface area contributed by atoms with Crippen molar-refractivity contribution in [3.05, 3.63) is 72.6 Å². The molecule has 0 amide bonds. The van der Waals surface area contributed by atoms with Gasteiger partial charge < -0.3 is 5.11 Å². The van der Waals surface area contributed by atoms with Crippen LogP contribution in [0.15, 0.2) is 66.7 Å². The third-order valence-corrected chi connectivity index (χ3v) is 3.98. The molecule has 112 valence electrons. The number of para-hydroxylation sites is 1. The zero-order valence-corrected chi connectivity index (χ0v) is 12.6. The number of nitrogens with zero attached hydrogens (tertiary/aromatic N) is 3. The minimum atomic E-state index is 0.196. The molecule has 0 saturated heterocycles. The Bertz CT molecular complexity index is 999. The number of fused-ring (bicyclic) bond motifs is 1. The summed E-state index contributed by atoms with van der Waals surface area (Å²) in [6.07, 6.45) is 0. The predicted octanol–water partition coefficient (Wildman–Crippen LogP) is 4.10. The molecular weight excluding hydrogens is 286 g/mol. The molecule has 4 aromatic rings. The molecule has 0 bridgehead atoms. The Hall–Kier alpha value is -3.14. The second-order valence-corrected chi connectivity index (χ2v) is 5.42. The fourth-order valence-corrected chi connectivity index (χ4v) is 2.89. The Morgan fingerprint density at radius 3 is 2.43 bits per heavy atom. The average molecular weight is 301 g/mol. The van der Waals surface area contributed by atoms with E-state index >= 15 is 0 Å². The molecule has 1 N–H and O–H groups in total. The van der Waals surface area contributed by atoms with Crippen molar-refractivity contribution in [2.45, 2.75) is 6.92 Å². The Labute approximate surface area is 133 Å². The van der Waals surface area contributed by atoms with E-state index in [0.29, 0.717) is 11.4 Å². The van der Waals surface area contributed by atoms with Crippen LogP contribution in [0.3, 0.4) is 0 Å². The van der Waals surface area contributed by atoms with Crippen LogP contribution in [0.4, 0.5) is 0 Å². The molecule has 23 heavy (non-hydrogen) atoms. The maximum absolute atomic E-state index is 10.2. The minimum absolute atomic E-state index is 0.196. The van der Waals surface area contributed by atoms with E-state index in [0.717, 1.165) is 22.3 Å². The van der Waals surface area contributed by atoms with E-state index in [1.54, 1.807) is 12.1 Å². The highest BCUT2D eigenvalue weighted by atomic mass is 16.3. The van der Waals surface area contributed by atoms with E-state index in [1.807, 2.05) is 47.9 Å². The molecule has 1 heterocycles. The zero-order valence-electron chi connectivity index (χ0n) is 12.6. The van der Waals surface area contributed by atoms with Gasteiger partial charge in [0.1, 0.15) is 11.6 Å².